The Balaban J connectivity index is 1.41. The summed E-state index contributed by atoms with van der Waals surface area (Å²) in [4.78, 5) is 24.3. The number of benzene rings is 4. The van der Waals surface area contributed by atoms with Crippen molar-refractivity contribution in [3.63, 3.8) is 0 Å². The van der Waals surface area contributed by atoms with Crippen LogP contribution in [0.15, 0.2) is 107 Å². The summed E-state index contributed by atoms with van der Waals surface area (Å²) in [5.74, 6) is 1.62. The number of anilines is 3. The normalized spacial score (nSPS) is 11.0. The first kappa shape index (κ1) is 27.2. The van der Waals surface area contributed by atoms with Crippen LogP contribution in [-0.4, -0.2) is 22.4 Å². The maximum Gasteiger partial charge on any atom is 0.252 e. The number of hydrogen-bond acceptors (Lipinski definition) is 6. The molecule has 0 atom stereocenters. The van der Waals surface area contributed by atoms with Crippen molar-refractivity contribution < 1.29 is 4.79 Å². The minimum Gasteiger partial charge on any atom is -0.352 e. The van der Waals surface area contributed by atoms with Crippen LogP contribution in [0.25, 0.3) is 10.9 Å². The van der Waals surface area contributed by atoms with Crippen LogP contribution in [0.4, 0.5) is 17.5 Å². The largest absolute Gasteiger partial charge is 0.352 e. The second-order valence-electron chi connectivity index (χ2n) is 9.70. The van der Waals surface area contributed by atoms with E-state index in [1.165, 1.54) is 5.56 Å². The Kier molecular flexibility index (Phi) is 8.62. The summed E-state index contributed by atoms with van der Waals surface area (Å²) >= 11 is 1.59. The van der Waals surface area contributed by atoms with E-state index >= 15 is 0 Å². The smallest absolute Gasteiger partial charge is 0.252 e. The summed E-state index contributed by atoms with van der Waals surface area (Å²) in [6.45, 7) is 7.43. The molecule has 1 amide bonds. The quantitative estimate of drug-likeness (QED) is 0.164. The van der Waals surface area contributed by atoms with Gasteiger partial charge in [-0.05, 0) is 60.4 Å². The number of nitrogens with zero attached hydrogens (tertiary/aromatic N) is 2. The predicted octanol–water partition coefficient (Wildman–Crippen LogP) is 8.01. The third-order valence-corrected chi connectivity index (χ3v) is 7.73. The number of hydrogen-bond donors (Lipinski definition) is 3. The van der Waals surface area contributed by atoms with Crippen molar-refractivity contribution in [2.45, 2.75) is 43.0 Å². The minimum absolute atomic E-state index is 0.0650. The van der Waals surface area contributed by atoms with Crippen molar-refractivity contribution in [3.8, 4) is 0 Å². The van der Waals surface area contributed by atoms with Gasteiger partial charge in [0.1, 0.15) is 5.82 Å². The van der Waals surface area contributed by atoms with E-state index in [1.54, 1.807) is 11.8 Å². The van der Waals surface area contributed by atoms with Crippen molar-refractivity contribution in [3.05, 3.63) is 114 Å². The van der Waals surface area contributed by atoms with Gasteiger partial charge in [0, 0.05) is 34.0 Å². The zero-order valence-corrected chi connectivity index (χ0v) is 23.8. The van der Waals surface area contributed by atoms with Crippen molar-refractivity contribution in [1.82, 2.24) is 15.3 Å². The number of carbonyl (C=O) groups excluding carboxylic acids is 1. The van der Waals surface area contributed by atoms with Crippen LogP contribution in [-0.2, 0) is 6.54 Å². The molecule has 0 saturated heterocycles. The molecule has 5 aromatic rings. The predicted molar refractivity (Wildman–Crippen MR) is 166 cm³/mol. The highest BCUT2D eigenvalue weighted by atomic mass is 32.2. The Morgan fingerprint density at radius 3 is 2.35 bits per heavy atom. The van der Waals surface area contributed by atoms with E-state index in [4.69, 9.17) is 9.97 Å². The van der Waals surface area contributed by atoms with E-state index in [9.17, 15) is 4.79 Å². The van der Waals surface area contributed by atoms with Crippen LogP contribution >= 0.6 is 11.8 Å². The summed E-state index contributed by atoms with van der Waals surface area (Å²) in [7, 11) is 0. The fourth-order valence-corrected chi connectivity index (χ4v) is 5.61. The average Bonchev–Trinajstić information content (AvgIpc) is 2.97. The number of carbonyl (C=O) groups is 1. The maximum absolute atomic E-state index is 12.6. The third kappa shape index (κ3) is 6.26. The number of rotatable bonds is 10. The Bertz CT molecular complexity index is 1630. The highest BCUT2D eigenvalue weighted by Crippen LogP contribution is 2.34. The highest BCUT2D eigenvalue weighted by Gasteiger charge is 2.14. The molecule has 6 nitrogen and oxygen atoms in total. The van der Waals surface area contributed by atoms with Gasteiger partial charge < -0.3 is 16.0 Å². The molecule has 0 radical (unpaired) electrons. The summed E-state index contributed by atoms with van der Waals surface area (Å²) in [5.41, 5.74) is 4.91. The van der Waals surface area contributed by atoms with E-state index < -0.39 is 0 Å². The fraction of sp³-hybridized carbons (Fsp3) is 0.182. The Morgan fingerprint density at radius 2 is 1.52 bits per heavy atom. The molecule has 0 aliphatic rings. The van der Waals surface area contributed by atoms with Gasteiger partial charge in [-0.3, -0.25) is 4.79 Å². The van der Waals surface area contributed by atoms with Gasteiger partial charge in [-0.25, -0.2) is 4.98 Å². The Morgan fingerprint density at radius 1 is 0.825 bits per heavy atom. The van der Waals surface area contributed by atoms with Crippen molar-refractivity contribution in [2.75, 3.05) is 17.2 Å². The summed E-state index contributed by atoms with van der Waals surface area (Å²) < 4.78 is 0. The van der Waals surface area contributed by atoms with E-state index in [2.05, 4.69) is 60.1 Å². The fourth-order valence-electron chi connectivity index (χ4n) is 4.53. The van der Waals surface area contributed by atoms with Crippen LogP contribution in [0.2, 0.25) is 0 Å². The first-order chi connectivity index (χ1) is 19.5. The zero-order chi connectivity index (χ0) is 27.9. The molecule has 0 aliphatic carbocycles. The van der Waals surface area contributed by atoms with Gasteiger partial charge in [0.15, 0.2) is 0 Å². The Hall–Kier alpha value is -4.36. The highest BCUT2D eigenvalue weighted by molar-refractivity contribution is 7.99. The molecule has 0 saturated carbocycles. The first-order valence-electron chi connectivity index (χ1n) is 13.5. The molecule has 0 fully saturated rings. The van der Waals surface area contributed by atoms with E-state index in [-0.39, 0.29) is 5.91 Å². The summed E-state index contributed by atoms with van der Waals surface area (Å²) in [5, 5.41) is 10.9. The number of amides is 1. The Labute approximate surface area is 239 Å². The summed E-state index contributed by atoms with van der Waals surface area (Å²) in [6, 6.07) is 32.3. The van der Waals surface area contributed by atoms with E-state index in [0.717, 1.165) is 37.8 Å². The SMILES string of the molecule is CCNC(=O)c1ccccc1Sc1ccccc1CNc1nc(Nc2ccccc2C(C)C)c2ccccc2n1. The molecule has 1 aromatic heterocycles. The third-order valence-electron chi connectivity index (χ3n) is 6.54. The minimum atomic E-state index is -0.0650. The van der Waals surface area contributed by atoms with Crippen LogP contribution in [0.3, 0.4) is 0 Å². The molecule has 7 heteroatoms. The number of nitrogens with one attached hydrogen (secondary N) is 3. The lowest BCUT2D eigenvalue weighted by atomic mass is 10.0. The van der Waals surface area contributed by atoms with Crippen LogP contribution in [0.1, 0.15) is 48.2 Å². The molecular formula is C33H33N5OS. The van der Waals surface area contributed by atoms with Crippen LogP contribution < -0.4 is 16.0 Å². The van der Waals surface area contributed by atoms with Gasteiger partial charge in [0.05, 0.1) is 11.1 Å². The van der Waals surface area contributed by atoms with Crippen molar-refractivity contribution in [1.29, 1.82) is 0 Å². The lowest BCUT2D eigenvalue weighted by Crippen LogP contribution is -2.23. The number of aromatic nitrogens is 2. The lowest BCUT2D eigenvalue weighted by molar-refractivity contribution is 0.0953. The molecule has 0 bridgehead atoms. The van der Waals surface area contributed by atoms with Crippen LogP contribution in [0, 0.1) is 0 Å². The van der Waals surface area contributed by atoms with E-state index in [0.29, 0.717) is 30.5 Å². The standard InChI is InChI=1S/C33H33N5OS/c1-4-34-32(39)26-16-8-12-20-30(26)40-29-19-11-5-13-23(29)21-35-33-37-28-18-10-7-15-25(28)31(38-33)36-27-17-9-6-14-24(27)22(2)3/h5-20,22H,4,21H2,1-3H3,(H,34,39)(H2,35,36,37,38). The second-order valence-corrected chi connectivity index (χ2v) is 10.8. The second kappa shape index (κ2) is 12.7. The number of para-hydroxylation sites is 2. The van der Waals surface area contributed by atoms with Crippen molar-refractivity contribution >= 4 is 46.0 Å². The van der Waals surface area contributed by atoms with Gasteiger partial charge >= 0.3 is 0 Å². The molecule has 202 valence electrons. The monoisotopic (exact) mass is 547 g/mol. The lowest BCUT2D eigenvalue weighted by Gasteiger charge is -2.17. The molecule has 3 N–H and O–H groups in total. The first-order valence-corrected chi connectivity index (χ1v) is 14.3. The molecule has 4 aromatic carbocycles. The van der Waals surface area contributed by atoms with Gasteiger partial charge in [0.25, 0.3) is 5.91 Å². The molecule has 40 heavy (non-hydrogen) atoms. The maximum atomic E-state index is 12.6. The molecule has 1 heterocycles. The van der Waals surface area contributed by atoms with Crippen molar-refractivity contribution in [2.24, 2.45) is 0 Å². The number of fused-ring (bicyclic) bond motifs is 1. The molecule has 0 unspecified atom stereocenters. The van der Waals surface area contributed by atoms with Gasteiger partial charge in [0.2, 0.25) is 5.95 Å². The molecule has 0 spiro atoms. The average molecular weight is 548 g/mol. The van der Waals surface area contributed by atoms with Gasteiger partial charge in [-0.2, -0.15) is 4.98 Å². The molecule has 5 rings (SSSR count). The zero-order valence-electron chi connectivity index (χ0n) is 22.9. The molecular weight excluding hydrogens is 514 g/mol. The molecule has 0 aliphatic heterocycles. The van der Waals surface area contributed by atoms with Gasteiger partial charge in [-0.15, -0.1) is 0 Å². The van der Waals surface area contributed by atoms with Crippen LogP contribution in [0.5, 0.6) is 0 Å². The van der Waals surface area contributed by atoms with E-state index in [1.807, 2.05) is 73.7 Å². The topological polar surface area (TPSA) is 78.9 Å². The van der Waals surface area contributed by atoms with Gasteiger partial charge in [-0.1, -0.05) is 86.3 Å². The summed E-state index contributed by atoms with van der Waals surface area (Å²) in [6.07, 6.45) is 0.